The van der Waals surface area contributed by atoms with Crippen LogP contribution in [0.15, 0.2) is 73.1 Å². The summed E-state index contributed by atoms with van der Waals surface area (Å²) in [6.45, 7) is 10.1. The molecule has 3 amide bonds. The minimum atomic E-state index is -0.686. The molecule has 55 heavy (non-hydrogen) atoms. The smallest absolute Gasteiger partial charge is 0.411 e. The number of hydrogen-bond donors (Lipinski definition) is 4. The maximum absolute atomic E-state index is 13.6. The number of amides is 3. The Kier molecular flexibility index (Phi) is 10.4. The molecule has 3 aromatic carbocycles. The number of methoxy groups -OCH3 is 1. The molecule has 13 heteroatoms. The third kappa shape index (κ3) is 8.07. The number of rotatable bonds is 8. The maximum Gasteiger partial charge on any atom is 0.411 e. The zero-order chi connectivity index (χ0) is 39.0. The molecule has 2 aliphatic rings. The van der Waals surface area contributed by atoms with E-state index in [9.17, 15) is 19.5 Å². The van der Waals surface area contributed by atoms with Crippen LogP contribution in [-0.2, 0) is 14.3 Å². The van der Waals surface area contributed by atoms with Crippen molar-refractivity contribution in [1.29, 1.82) is 0 Å². The number of carbonyl (C=O) groups excluding carboxylic acids is 3. The number of aliphatic hydroxyl groups is 1. The van der Waals surface area contributed by atoms with Crippen molar-refractivity contribution < 1.29 is 29.0 Å². The summed E-state index contributed by atoms with van der Waals surface area (Å²) in [4.78, 5) is 57.9. The summed E-state index contributed by atoms with van der Waals surface area (Å²) in [5, 5.41) is 15.3. The Labute approximate surface area is 320 Å². The SMILES string of the molecule is COC(=O)NC(C(=O)N1CCCC1c1ncc(-c2ccc3cc(-c4ccc(-c5cnc([C@@H]6C[C@H](O)CN6C(=O)OC(C)(C)C)[nH]5)cc4)ccc3c2)[nH]1)C(C)C. The topological polar surface area (TPSA) is 166 Å². The van der Waals surface area contributed by atoms with Crippen molar-refractivity contribution in [2.24, 2.45) is 5.92 Å². The highest BCUT2D eigenvalue weighted by Gasteiger charge is 2.40. The molecule has 0 radical (unpaired) electrons. The number of hydrogen-bond acceptors (Lipinski definition) is 8. The molecule has 5 aromatic rings. The molecule has 0 bridgehead atoms. The Balaban J connectivity index is 1.04. The lowest BCUT2D eigenvalue weighted by Crippen LogP contribution is -2.51. The molecule has 2 unspecified atom stereocenters. The average Bonchev–Trinajstić information content (AvgIpc) is 3.99. The van der Waals surface area contributed by atoms with Crippen LogP contribution in [0.3, 0.4) is 0 Å². The van der Waals surface area contributed by atoms with E-state index in [2.05, 4.69) is 68.8 Å². The second-order valence-electron chi connectivity index (χ2n) is 15.8. The number of fused-ring (bicyclic) bond motifs is 1. The van der Waals surface area contributed by atoms with Crippen LogP contribution in [0.1, 0.15) is 77.6 Å². The van der Waals surface area contributed by atoms with E-state index in [0.717, 1.165) is 63.1 Å². The summed E-state index contributed by atoms with van der Waals surface area (Å²) >= 11 is 0. The van der Waals surface area contributed by atoms with E-state index in [4.69, 9.17) is 14.5 Å². The highest BCUT2D eigenvalue weighted by molar-refractivity contribution is 5.91. The van der Waals surface area contributed by atoms with Gasteiger partial charge in [-0.2, -0.15) is 0 Å². The van der Waals surface area contributed by atoms with Crippen LogP contribution in [0.4, 0.5) is 9.59 Å². The van der Waals surface area contributed by atoms with Crippen LogP contribution in [0, 0.1) is 5.92 Å². The van der Waals surface area contributed by atoms with E-state index in [1.165, 1.54) is 7.11 Å². The quantitative estimate of drug-likeness (QED) is 0.128. The molecule has 288 valence electrons. The maximum atomic E-state index is 13.6. The first-order valence-corrected chi connectivity index (χ1v) is 18.9. The van der Waals surface area contributed by atoms with Gasteiger partial charge < -0.3 is 34.8 Å². The van der Waals surface area contributed by atoms with Crippen LogP contribution in [0.25, 0.3) is 44.4 Å². The third-order valence-electron chi connectivity index (χ3n) is 10.3. The fourth-order valence-corrected chi connectivity index (χ4v) is 7.53. The van der Waals surface area contributed by atoms with Gasteiger partial charge in [0.15, 0.2) is 0 Å². The number of benzene rings is 3. The molecule has 13 nitrogen and oxygen atoms in total. The van der Waals surface area contributed by atoms with Crippen LogP contribution in [0.2, 0.25) is 0 Å². The predicted octanol–water partition coefficient (Wildman–Crippen LogP) is 7.37. The highest BCUT2D eigenvalue weighted by atomic mass is 16.6. The number of ether oxygens (including phenoxy) is 2. The van der Waals surface area contributed by atoms with Gasteiger partial charge >= 0.3 is 12.2 Å². The van der Waals surface area contributed by atoms with E-state index in [0.29, 0.717) is 18.8 Å². The molecule has 0 saturated carbocycles. The molecule has 4 atom stereocenters. The Morgan fingerprint density at radius 2 is 1.42 bits per heavy atom. The van der Waals surface area contributed by atoms with Crippen molar-refractivity contribution in [2.75, 3.05) is 20.2 Å². The lowest BCUT2D eigenvalue weighted by Gasteiger charge is -2.30. The third-order valence-corrected chi connectivity index (χ3v) is 10.3. The van der Waals surface area contributed by atoms with Gasteiger partial charge in [-0.25, -0.2) is 19.6 Å². The number of aliphatic hydroxyl groups excluding tert-OH is 1. The van der Waals surface area contributed by atoms with Crippen LogP contribution in [0.5, 0.6) is 0 Å². The highest BCUT2D eigenvalue weighted by Crippen LogP contribution is 2.36. The Morgan fingerprint density at radius 3 is 2.05 bits per heavy atom. The summed E-state index contributed by atoms with van der Waals surface area (Å²) in [5.41, 5.74) is 5.15. The molecule has 0 aliphatic carbocycles. The van der Waals surface area contributed by atoms with E-state index < -0.39 is 36.0 Å². The van der Waals surface area contributed by atoms with Crippen molar-refractivity contribution in [2.45, 2.75) is 83.7 Å². The van der Waals surface area contributed by atoms with E-state index in [1.807, 2.05) is 57.8 Å². The molecule has 2 aromatic heterocycles. The molecular weight excluding hydrogens is 699 g/mol. The van der Waals surface area contributed by atoms with Gasteiger partial charge in [-0.3, -0.25) is 9.69 Å². The lowest BCUT2D eigenvalue weighted by atomic mass is 9.98. The van der Waals surface area contributed by atoms with E-state index in [1.54, 1.807) is 11.1 Å². The molecule has 2 fully saturated rings. The summed E-state index contributed by atoms with van der Waals surface area (Å²) in [6.07, 6.45) is 3.86. The van der Waals surface area contributed by atoms with Crippen LogP contribution in [-0.4, -0.2) is 90.9 Å². The molecule has 2 aliphatic heterocycles. The number of aromatic nitrogens is 4. The summed E-state index contributed by atoms with van der Waals surface area (Å²) in [6, 6.07) is 19.7. The summed E-state index contributed by atoms with van der Waals surface area (Å²) in [5.74, 6) is 1.10. The van der Waals surface area contributed by atoms with Crippen LogP contribution < -0.4 is 5.32 Å². The largest absolute Gasteiger partial charge is 0.453 e. The van der Waals surface area contributed by atoms with Crippen molar-refractivity contribution in [3.63, 3.8) is 0 Å². The summed E-state index contributed by atoms with van der Waals surface area (Å²) < 4.78 is 10.3. The van der Waals surface area contributed by atoms with Crippen LogP contribution >= 0.6 is 0 Å². The van der Waals surface area contributed by atoms with Gasteiger partial charge in [0, 0.05) is 18.5 Å². The number of likely N-dealkylation sites (tertiary alicyclic amines) is 2. The molecule has 4 heterocycles. The number of carbonyl (C=O) groups is 3. The Hall–Kier alpha value is -5.69. The lowest BCUT2D eigenvalue weighted by molar-refractivity contribution is -0.135. The zero-order valence-corrected chi connectivity index (χ0v) is 32.1. The first-order valence-electron chi connectivity index (χ1n) is 18.9. The van der Waals surface area contributed by atoms with Crippen molar-refractivity contribution in [3.8, 4) is 33.6 Å². The van der Waals surface area contributed by atoms with Gasteiger partial charge in [0.05, 0.1) is 55.6 Å². The second kappa shape index (κ2) is 15.2. The van der Waals surface area contributed by atoms with Gasteiger partial charge in [-0.15, -0.1) is 0 Å². The fourth-order valence-electron chi connectivity index (χ4n) is 7.53. The number of alkyl carbamates (subject to hydrolysis) is 1. The average molecular weight is 748 g/mol. The van der Waals surface area contributed by atoms with Gasteiger partial charge in [-0.05, 0) is 79.1 Å². The zero-order valence-electron chi connectivity index (χ0n) is 32.1. The molecule has 0 spiro atoms. The van der Waals surface area contributed by atoms with Gasteiger partial charge in [0.2, 0.25) is 5.91 Å². The van der Waals surface area contributed by atoms with Crippen molar-refractivity contribution in [1.82, 2.24) is 35.1 Å². The van der Waals surface area contributed by atoms with Gasteiger partial charge in [-0.1, -0.05) is 62.4 Å². The number of nitrogens with zero attached hydrogens (tertiary/aromatic N) is 4. The number of H-pyrrole nitrogens is 2. The Bertz CT molecular complexity index is 2190. The molecule has 4 N–H and O–H groups in total. The van der Waals surface area contributed by atoms with Crippen molar-refractivity contribution in [3.05, 3.63) is 84.7 Å². The van der Waals surface area contributed by atoms with Gasteiger partial charge in [0.25, 0.3) is 0 Å². The minimum absolute atomic E-state index is 0.104. The number of β-amino-alcohol motifs (C(OH)–C–C–N with tert-alkyl or cyclic N) is 1. The summed E-state index contributed by atoms with van der Waals surface area (Å²) in [7, 11) is 1.29. The molecule has 2 saturated heterocycles. The second-order valence-corrected chi connectivity index (χ2v) is 15.8. The van der Waals surface area contributed by atoms with E-state index in [-0.39, 0.29) is 24.4 Å². The van der Waals surface area contributed by atoms with E-state index >= 15 is 0 Å². The minimum Gasteiger partial charge on any atom is -0.453 e. The predicted molar refractivity (Wildman–Crippen MR) is 209 cm³/mol. The van der Waals surface area contributed by atoms with Gasteiger partial charge in [0.1, 0.15) is 23.3 Å². The molecule has 7 rings (SSSR count). The standard InChI is InChI=1S/C42H49N7O6/c1-24(2)36(47-40(52)54-6)39(51)48-17-7-8-34(48)37-43-22-33(46-37)30-16-15-28-18-27(13-14-29(28)19-30)25-9-11-26(12-10-25)32-21-44-38(45-32)35-20-31(50)23-49(35)41(53)55-42(3,4)5/h9-16,18-19,21-22,24,31,34-36,50H,7-8,17,20,23H2,1-6H3,(H,43,46)(H,44,45)(H,47,52)/t31-,34?,35-,36?/m0/s1. The first kappa shape index (κ1) is 37.6. The number of aromatic amines is 2. The monoisotopic (exact) mass is 747 g/mol. The fraction of sp³-hybridized carbons (Fsp3) is 0.405. The number of nitrogens with one attached hydrogen (secondary N) is 3. The normalized spacial score (nSPS) is 19.2. The Morgan fingerprint density at radius 1 is 0.836 bits per heavy atom. The first-order chi connectivity index (χ1) is 26.3. The van der Waals surface area contributed by atoms with Crippen molar-refractivity contribution >= 4 is 28.9 Å². The number of imidazole rings is 2. The molecular formula is C42H49N7O6.